The second-order valence-electron chi connectivity index (χ2n) is 4.41. The molecule has 1 N–H and O–H groups in total. The first kappa shape index (κ1) is 12.5. The van der Waals surface area contributed by atoms with Gasteiger partial charge in [-0.1, -0.05) is 0 Å². The first-order chi connectivity index (χ1) is 8.27. The third kappa shape index (κ3) is 3.49. The van der Waals surface area contributed by atoms with Gasteiger partial charge in [0.1, 0.15) is 12.2 Å². The molecule has 0 aromatic carbocycles. The van der Waals surface area contributed by atoms with Crippen LogP contribution in [0.2, 0.25) is 0 Å². The van der Waals surface area contributed by atoms with Crippen LogP contribution in [0.25, 0.3) is 0 Å². The number of hydrogen-bond donors (Lipinski definition) is 1. The maximum atomic E-state index is 5.54. The molecule has 0 bridgehead atoms. The van der Waals surface area contributed by atoms with Gasteiger partial charge < -0.3 is 14.8 Å². The van der Waals surface area contributed by atoms with Crippen molar-refractivity contribution >= 4 is 0 Å². The van der Waals surface area contributed by atoms with Crippen molar-refractivity contribution in [2.24, 2.45) is 0 Å². The van der Waals surface area contributed by atoms with E-state index in [0.717, 1.165) is 12.4 Å². The summed E-state index contributed by atoms with van der Waals surface area (Å²) in [7, 11) is 0. The molecule has 0 saturated carbocycles. The minimum Gasteiger partial charge on any atom is -0.376 e. The summed E-state index contributed by atoms with van der Waals surface area (Å²) in [5.74, 6) is 0.955. The Bertz CT molecular complexity index is 334. The molecule has 1 fully saturated rings. The normalized spacial score (nSPS) is 21.0. The van der Waals surface area contributed by atoms with E-state index in [-0.39, 0.29) is 6.10 Å². The number of ether oxygens (including phenoxy) is 2. The first-order valence-electron chi connectivity index (χ1n) is 6.06. The second kappa shape index (κ2) is 6.09. The van der Waals surface area contributed by atoms with Crippen LogP contribution in [0.4, 0.5) is 0 Å². The predicted molar refractivity (Wildman–Crippen MR) is 62.7 cm³/mol. The standard InChI is InChI=1S/C11H20N4O2/c1-9(2)15-11(13-8-14-15)6-12-5-10-7-16-3-4-17-10/h8-10,12H,3-7H2,1-2H3. The monoisotopic (exact) mass is 240 g/mol. The molecule has 1 aromatic rings. The summed E-state index contributed by atoms with van der Waals surface area (Å²) in [5.41, 5.74) is 0. The average molecular weight is 240 g/mol. The number of rotatable bonds is 5. The molecule has 0 amide bonds. The molecule has 96 valence electrons. The van der Waals surface area contributed by atoms with Crippen molar-refractivity contribution in [1.29, 1.82) is 0 Å². The summed E-state index contributed by atoms with van der Waals surface area (Å²) in [5, 5.41) is 7.52. The van der Waals surface area contributed by atoms with Gasteiger partial charge in [0.2, 0.25) is 0 Å². The summed E-state index contributed by atoms with van der Waals surface area (Å²) < 4.78 is 12.8. The van der Waals surface area contributed by atoms with Gasteiger partial charge >= 0.3 is 0 Å². The Kier molecular flexibility index (Phi) is 4.47. The number of nitrogens with one attached hydrogen (secondary N) is 1. The molecule has 1 aliphatic rings. The molecular formula is C11H20N4O2. The predicted octanol–water partition coefficient (Wildman–Crippen LogP) is 0.364. The zero-order valence-corrected chi connectivity index (χ0v) is 10.4. The summed E-state index contributed by atoms with van der Waals surface area (Å²) in [6, 6.07) is 0.337. The van der Waals surface area contributed by atoms with Gasteiger partial charge in [0, 0.05) is 12.6 Å². The fourth-order valence-corrected chi connectivity index (χ4v) is 1.83. The van der Waals surface area contributed by atoms with Gasteiger partial charge in [0.25, 0.3) is 0 Å². The molecule has 1 atom stereocenters. The van der Waals surface area contributed by atoms with Crippen LogP contribution in [0.3, 0.4) is 0 Å². The lowest BCUT2D eigenvalue weighted by atomic mass is 10.3. The minimum atomic E-state index is 0.152. The van der Waals surface area contributed by atoms with Crippen LogP contribution >= 0.6 is 0 Å². The Morgan fingerprint density at radius 3 is 3.12 bits per heavy atom. The molecule has 0 radical (unpaired) electrons. The van der Waals surface area contributed by atoms with E-state index in [4.69, 9.17) is 9.47 Å². The van der Waals surface area contributed by atoms with E-state index in [0.29, 0.717) is 32.4 Å². The van der Waals surface area contributed by atoms with Crippen molar-refractivity contribution in [2.45, 2.75) is 32.5 Å². The van der Waals surface area contributed by atoms with Gasteiger partial charge in [-0.2, -0.15) is 5.10 Å². The smallest absolute Gasteiger partial charge is 0.141 e. The zero-order valence-electron chi connectivity index (χ0n) is 10.4. The van der Waals surface area contributed by atoms with Crippen molar-refractivity contribution in [3.8, 4) is 0 Å². The van der Waals surface area contributed by atoms with Gasteiger partial charge in [-0.15, -0.1) is 0 Å². The van der Waals surface area contributed by atoms with Gasteiger partial charge in [-0.05, 0) is 13.8 Å². The molecule has 0 spiro atoms. The Hall–Kier alpha value is -0.980. The molecule has 1 saturated heterocycles. The Labute approximate surface area is 101 Å². The lowest BCUT2D eigenvalue weighted by Gasteiger charge is -2.23. The third-order valence-electron chi connectivity index (χ3n) is 2.68. The highest BCUT2D eigenvalue weighted by Crippen LogP contribution is 2.05. The Morgan fingerprint density at radius 2 is 2.41 bits per heavy atom. The Balaban J connectivity index is 1.75. The van der Waals surface area contributed by atoms with Crippen LogP contribution in [-0.4, -0.2) is 47.2 Å². The molecular weight excluding hydrogens is 220 g/mol. The number of aromatic nitrogens is 3. The van der Waals surface area contributed by atoms with Crippen LogP contribution in [-0.2, 0) is 16.0 Å². The average Bonchev–Trinajstić information content (AvgIpc) is 2.79. The van der Waals surface area contributed by atoms with E-state index in [9.17, 15) is 0 Å². The summed E-state index contributed by atoms with van der Waals surface area (Å²) in [4.78, 5) is 4.24. The van der Waals surface area contributed by atoms with Crippen molar-refractivity contribution < 1.29 is 9.47 Å². The van der Waals surface area contributed by atoms with Crippen LogP contribution < -0.4 is 5.32 Å². The highest BCUT2D eigenvalue weighted by Gasteiger charge is 2.14. The Morgan fingerprint density at radius 1 is 1.53 bits per heavy atom. The lowest BCUT2D eigenvalue weighted by molar-refractivity contribution is -0.0865. The van der Waals surface area contributed by atoms with Crippen molar-refractivity contribution in [2.75, 3.05) is 26.4 Å². The molecule has 17 heavy (non-hydrogen) atoms. The molecule has 2 rings (SSSR count). The fourth-order valence-electron chi connectivity index (χ4n) is 1.83. The molecule has 1 unspecified atom stereocenters. The van der Waals surface area contributed by atoms with Gasteiger partial charge in [0.05, 0.1) is 32.5 Å². The largest absolute Gasteiger partial charge is 0.376 e. The molecule has 6 heteroatoms. The van der Waals surface area contributed by atoms with Crippen LogP contribution in [0.5, 0.6) is 0 Å². The topological polar surface area (TPSA) is 61.2 Å². The second-order valence-corrected chi connectivity index (χ2v) is 4.41. The van der Waals surface area contributed by atoms with E-state index < -0.39 is 0 Å². The SMILES string of the molecule is CC(C)n1ncnc1CNCC1COCCO1. The zero-order chi connectivity index (χ0) is 12.1. The van der Waals surface area contributed by atoms with Crippen LogP contribution in [0.15, 0.2) is 6.33 Å². The highest BCUT2D eigenvalue weighted by atomic mass is 16.6. The van der Waals surface area contributed by atoms with Crippen LogP contribution in [0.1, 0.15) is 25.7 Å². The third-order valence-corrected chi connectivity index (χ3v) is 2.68. The van der Waals surface area contributed by atoms with Crippen molar-refractivity contribution in [3.63, 3.8) is 0 Å². The minimum absolute atomic E-state index is 0.152. The lowest BCUT2D eigenvalue weighted by Crippen LogP contribution is -2.37. The molecule has 1 aromatic heterocycles. The highest BCUT2D eigenvalue weighted by molar-refractivity contribution is 4.86. The molecule has 6 nitrogen and oxygen atoms in total. The van der Waals surface area contributed by atoms with E-state index in [2.05, 4.69) is 29.2 Å². The maximum Gasteiger partial charge on any atom is 0.141 e. The summed E-state index contributed by atoms with van der Waals surface area (Å²) >= 11 is 0. The molecule has 2 heterocycles. The summed E-state index contributed by atoms with van der Waals surface area (Å²) in [6.45, 7) is 7.74. The van der Waals surface area contributed by atoms with E-state index in [1.807, 2.05) is 4.68 Å². The first-order valence-corrected chi connectivity index (χ1v) is 6.06. The van der Waals surface area contributed by atoms with E-state index in [1.165, 1.54) is 0 Å². The number of hydrogen-bond acceptors (Lipinski definition) is 5. The quantitative estimate of drug-likeness (QED) is 0.805. The van der Waals surface area contributed by atoms with Gasteiger partial charge in [-0.25, -0.2) is 9.67 Å². The van der Waals surface area contributed by atoms with E-state index in [1.54, 1.807) is 6.33 Å². The fraction of sp³-hybridized carbons (Fsp3) is 0.818. The molecule has 0 aliphatic carbocycles. The van der Waals surface area contributed by atoms with E-state index >= 15 is 0 Å². The van der Waals surface area contributed by atoms with Crippen LogP contribution in [0, 0.1) is 0 Å². The molecule has 1 aliphatic heterocycles. The van der Waals surface area contributed by atoms with Crippen molar-refractivity contribution in [1.82, 2.24) is 20.1 Å². The van der Waals surface area contributed by atoms with Gasteiger partial charge in [-0.3, -0.25) is 0 Å². The summed E-state index contributed by atoms with van der Waals surface area (Å²) in [6.07, 6.45) is 1.75. The maximum absolute atomic E-state index is 5.54. The number of nitrogens with zero attached hydrogens (tertiary/aromatic N) is 3. The van der Waals surface area contributed by atoms with Gasteiger partial charge in [0.15, 0.2) is 0 Å². The van der Waals surface area contributed by atoms with Crippen molar-refractivity contribution in [3.05, 3.63) is 12.2 Å².